The van der Waals surface area contributed by atoms with Gasteiger partial charge in [0, 0.05) is 5.02 Å². The van der Waals surface area contributed by atoms with E-state index < -0.39 is 6.04 Å². The second-order valence-electron chi connectivity index (χ2n) is 7.97. The summed E-state index contributed by atoms with van der Waals surface area (Å²) in [5.41, 5.74) is 0.737. The molecule has 3 unspecified atom stereocenters. The summed E-state index contributed by atoms with van der Waals surface area (Å²) in [5, 5.41) is 3.85. The number of rotatable bonds is 5. The summed E-state index contributed by atoms with van der Waals surface area (Å²) < 4.78 is 0.860. The Bertz CT molecular complexity index is 990. The number of aromatic nitrogens is 1. The number of fused-ring (bicyclic) bond motifs is 2. The summed E-state index contributed by atoms with van der Waals surface area (Å²) in [5.74, 6) is -1.40. The molecule has 0 saturated carbocycles. The maximum Gasteiger partial charge on any atom is 0.249 e. The van der Waals surface area contributed by atoms with E-state index in [2.05, 4.69) is 10.3 Å². The minimum absolute atomic E-state index is 0.140. The third-order valence-corrected chi connectivity index (χ3v) is 6.60. The number of imide groups is 1. The second kappa shape index (κ2) is 7.88. The van der Waals surface area contributed by atoms with Crippen molar-refractivity contribution in [3.63, 3.8) is 0 Å². The fraction of sp³-hybridized carbons (Fsp3) is 0.429. The van der Waals surface area contributed by atoms with Crippen molar-refractivity contribution < 1.29 is 14.4 Å². The Morgan fingerprint density at radius 3 is 2.52 bits per heavy atom. The Morgan fingerprint density at radius 1 is 1.24 bits per heavy atom. The molecule has 1 aliphatic heterocycles. The predicted molar refractivity (Wildman–Crippen MR) is 114 cm³/mol. The van der Waals surface area contributed by atoms with Crippen LogP contribution in [-0.4, -0.2) is 33.6 Å². The predicted octanol–water partition coefficient (Wildman–Crippen LogP) is 4.25. The number of halogens is 1. The van der Waals surface area contributed by atoms with Crippen LogP contribution in [0.3, 0.4) is 0 Å². The van der Waals surface area contributed by atoms with E-state index in [0.717, 1.165) is 10.2 Å². The highest BCUT2D eigenvalue weighted by Gasteiger charge is 2.51. The minimum Gasteiger partial charge on any atom is -0.300 e. The van der Waals surface area contributed by atoms with Crippen LogP contribution in [0, 0.1) is 17.8 Å². The maximum absolute atomic E-state index is 13.1. The van der Waals surface area contributed by atoms with Crippen LogP contribution in [0.15, 0.2) is 30.4 Å². The highest BCUT2D eigenvalue weighted by molar-refractivity contribution is 7.22. The van der Waals surface area contributed by atoms with Crippen molar-refractivity contribution in [3.8, 4) is 0 Å². The molecule has 1 saturated heterocycles. The van der Waals surface area contributed by atoms with Gasteiger partial charge in [-0.05, 0) is 43.4 Å². The summed E-state index contributed by atoms with van der Waals surface area (Å²) in [6.45, 7) is 3.94. The zero-order valence-electron chi connectivity index (χ0n) is 16.2. The van der Waals surface area contributed by atoms with Crippen molar-refractivity contribution in [2.75, 3.05) is 5.32 Å². The number of anilines is 1. The van der Waals surface area contributed by atoms with Crippen LogP contribution in [0.4, 0.5) is 5.13 Å². The Hall–Kier alpha value is -2.25. The molecule has 0 radical (unpaired) electrons. The largest absolute Gasteiger partial charge is 0.300 e. The molecule has 2 heterocycles. The van der Waals surface area contributed by atoms with Crippen molar-refractivity contribution in [2.24, 2.45) is 17.8 Å². The van der Waals surface area contributed by atoms with Gasteiger partial charge in [0.05, 0.1) is 22.1 Å². The number of hydrogen-bond donors (Lipinski definition) is 1. The molecule has 1 fully saturated rings. The Balaban J connectivity index is 1.59. The number of hydrogen-bond acceptors (Lipinski definition) is 5. The smallest absolute Gasteiger partial charge is 0.249 e. The van der Waals surface area contributed by atoms with Gasteiger partial charge in [-0.25, -0.2) is 4.98 Å². The number of nitrogens with one attached hydrogen (secondary N) is 1. The normalized spacial score (nSPS) is 22.4. The van der Waals surface area contributed by atoms with Crippen molar-refractivity contribution in [3.05, 3.63) is 35.4 Å². The van der Waals surface area contributed by atoms with Crippen LogP contribution in [0.25, 0.3) is 10.2 Å². The van der Waals surface area contributed by atoms with Gasteiger partial charge in [-0.15, -0.1) is 0 Å². The number of nitrogens with zero attached hydrogens (tertiary/aromatic N) is 2. The number of carbonyl (C=O) groups is 3. The highest BCUT2D eigenvalue weighted by Crippen LogP contribution is 2.37. The Kier molecular flexibility index (Phi) is 5.44. The molecule has 6 nitrogen and oxygen atoms in total. The van der Waals surface area contributed by atoms with Crippen molar-refractivity contribution in [1.29, 1.82) is 0 Å². The van der Waals surface area contributed by atoms with E-state index in [1.165, 1.54) is 16.2 Å². The van der Waals surface area contributed by atoms with Crippen molar-refractivity contribution in [1.82, 2.24) is 9.88 Å². The zero-order valence-corrected chi connectivity index (χ0v) is 17.8. The molecule has 3 amide bonds. The number of thiazole rings is 1. The number of allylic oxidation sites excluding steroid dienone is 2. The van der Waals surface area contributed by atoms with Crippen LogP contribution in [0.2, 0.25) is 5.02 Å². The average Bonchev–Trinajstić information content (AvgIpc) is 3.18. The maximum atomic E-state index is 13.1. The number of amides is 3. The molecular weight excluding hydrogens is 410 g/mol. The summed E-state index contributed by atoms with van der Waals surface area (Å²) in [4.78, 5) is 44.7. The molecule has 152 valence electrons. The van der Waals surface area contributed by atoms with Gasteiger partial charge < -0.3 is 5.32 Å². The van der Waals surface area contributed by atoms with Crippen LogP contribution < -0.4 is 5.32 Å². The number of carbonyl (C=O) groups excluding carboxylic acids is 3. The lowest BCUT2D eigenvalue weighted by molar-refractivity contribution is -0.147. The molecule has 4 rings (SSSR count). The van der Waals surface area contributed by atoms with Crippen LogP contribution in [0.1, 0.15) is 33.1 Å². The molecule has 1 N–H and O–H groups in total. The molecule has 3 atom stereocenters. The first-order valence-electron chi connectivity index (χ1n) is 9.74. The van der Waals surface area contributed by atoms with Crippen molar-refractivity contribution in [2.45, 2.75) is 39.2 Å². The fourth-order valence-corrected chi connectivity index (χ4v) is 5.19. The lowest BCUT2D eigenvalue weighted by atomic mass is 9.85. The minimum atomic E-state index is -0.837. The summed E-state index contributed by atoms with van der Waals surface area (Å²) in [6.07, 6.45) is 5.41. The molecule has 0 bridgehead atoms. The molecule has 1 aromatic carbocycles. The van der Waals surface area contributed by atoms with Crippen LogP contribution in [0.5, 0.6) is 0 Å². The first-order valence-corrected chi connectivity index (χ1v) is 10.9. The van der Waals surface area contributed by atoms with Gasteiger partial charge in [-0.2, -0.15) is 0 Å². The quantitative estimate of drug-likeness (QED) is 0.566. The lowest BCUT2D eigenvalue weighted by Crippen LogP contribution is -2.48. The van der Waals surface area contributed by atoms with E-state index in [1.807, 2.05) is 26.0 Å². The fourth-order valence-electron chi connectivity index (χ4n) is 4.05. The van der Waals surface area contributed by atoms with Gasteiger partial charge in [0.15, 0.2) is 5.13 Å². The van der Waals surface area contributed by atoms with E-state index >= 15 is 0 Å². The molecule has 1 aromatic heterocycles. The number of likely N-dealkylation sites (tertiary alicyclic amines) is 1. The van der Waals surface area contributed by atoms with E-state index in [1.54, 1.807) is 18.2 Å². The van der Waals surface area contributed by atoms with E-state index in [4.69, 9.17) is 11.6 Å². The SMILES string of the molecule is CC(C)CC(C(=O)Nc1nc2ccc(Cl)cc2s1)N1C(=O)C2CC=CCC2C1=O. The Morgan fingerprint density at radius 2 is 1.90 bits per heavy atom. The molecular formula is C21H22ClN3O3S. The van der Waals surface area contributed by atoms with Gasteiger partial charge in [-0.1, -0.05) is 48.9 Å². The second-order valence-corrected chi connectivity index (χ2v) is 9.44. The van der Waals surface area contributed by atoms with Gasteiger partial charge >= 0.3 is 0 Å². The molecule has 2 aromatic rings. The first kappa shape index (κ1) is 20.0. The Labute approximate surface area is 177 Å². The van der Waals surface area contributed by atoms with Gasteiger partial charge in [0.2, 0.25) is 17.7 Å². The monoisotopic (exact) mass is 431 g/mol. The van der Waals surface area contributed by atoms with Gasteiger partial charge in [0.25, 0.3) is 0 Å². The van der Waals surface area contributed by atoms with Crippen LogP contribution in [-0.2, 0) is 14.4 Å². The average molecular weight is 432 g/mol. The van der Waals surface area contributed by atoms with Crippen LogP contribution >= 0.6 is 22.9 Å². The summed E-state index contributed by atoms with van der Waals surface area (Å²) in [7, 11) is 0. The third kappa shape index (κ3) is 3.81. The molecule has 8 heteroatoms. The van der Waals surface area contributed by atoms with Gasteiger partial charge in [0.1, 0.15) is 6.04 Å². The van der Waals surface area contributed by atoms with E-state index in [0.29, 0.717) is 29.4 Å². The standard InChI is InChI=1S/C21H22ClN3O3S/c1-11(2)9-16(25-19(27)13-5-3-4-6-14(13)20(25)28)18(26)24-21-23-15-8-7-12(22)10-17(15)29-21/h3-4,7-8,10-11,13-14,16H,5-6,9H2,1-2H3,(H,23,24,26). The van der Waals surface area contributed by atoms with Gasteiger partial charge in [-0.3, -0.25) is 19.3 Å². The highest BCUT2D eigenvalue weighted by atomic mass is 35.5. The first-order chi connectivity index (χ1) is 13.8. The van der Waals surface area contributed by atoms with E-state index in [9.17, 15) is 14.4 Å². The zero-order chi connectivity index (χ0) is 20.7. The topological polar surface area (TPSA) is 79.4 Å². The van der Waals surface area contributed by atoms with Crippen molar-refractivity contribution >= 4 is 56.0 Å². The van der Waals surface area contributed by atoms with E-state index in [-0.39, 0.29) is 35.5 Å². The molecule has 1 aliphatic carbocycles. The summed E-state index contributed by atoms with van der Waals surface area (Å²) >= 11 is 7.34. The lowest BCUT2D eigenvalue weighted by Gasteiger charge is -2.26. The molecule has 0 spiro atoms. The molecule has 29 heavy (non-hydrogen) atoms. The molecule has 2 aliphatic rings. The summed E-state index contributed by atoms with van der Waals surface area (Å²) in [6, 6.07) is 4.49. The number of benzene rings is 1. The third-order valence-electron chi connectivity index (χ3n) is 5.43.